The van der Waals surface area contributed by atoms with Gasteiger partial charge in [0.05, 0.1) is 0 Å². The number of aryl methyl sites for hydroxylation is 2. The SMILES string of the molecule is CCCNC(c1cc(CC)ccc1CC)C1CCCC1. The van der Waals surface area contributed by atoms with Gasteiger partial charge in [-0.05, 0) is 61.3 Å². The van der Waals surface area contributed by atoms with E-state index in [1.54, 1.807) is 11.1 Å². The molecule has 1 saturated carbocycles. The zero-order valence-electron chi connectivity index (χ0n) is 13.5. The van der Waals surface area contributed by atoms with E-state index in [4.69, 9.17) is 0 Å². The predicted octanol–water partition coefficient (Wildman–Crippen LogP) is 5.04. The number of rotatable bonds is 7. The largest absolute Gasteiger partial charge is 0.310 e. The molecule has 0 bridgehead atoms. The first-order chi connectivity index (χ1) is 9.80. The average molecular weight is 273 g/mol. The van der Waals surface area contributed by atoms with Gasteiger partial charge in [0.2, 0.25) is 0 Å². The fourth-order valence-corrected chi connectivity index (χ4v) is 3.60. The van der Waals surface area contributed by atoms with E-state index >= 15 is 0 Å². The van der Waals surface area contributed by atoms with Crippen LogP contribution in [-0.4, -0.2) is 6.54 Å². The summed E-state index contributed by atoms with van der Waals surface area (Å²) in [5.74, 6) is 0.846. The average Bonchev–Trinajstić information content (AvgIpc) is 3.01. The number of benzene rings is 1. The van der Waals surface area contributed by atoms with Crippen LogP contribution in [-0.2, 0) is 12.8 Å². The first kappa shape index (κ1) is 15.6. The van der Waals surface area contributed by atoms with Crippen molar-refractivity contribution in [2.75, 3.05) is 6.54 Å². The van der Waals surface area contributed by atoms with E-state index in [1.807, 2.05) is 0 Å². The number of nitrogens with one attached hydrogen (secondary N) is 1. The second-order valence-electron chi connectivity index (χ2n) is 6.22. The normalized spacial score (nSPS) is 17.6. The Hall–Kier alpha value is -0.820. The second kappa shape index (κ2) is 7.83. The maximum absolute atomic E-state index is 3.85. The molecule has 0 spiro atoms. The summed E-state index contributed by atoms with van der Waals surface area (Å²) in [6.07, 6.45) is 9.16. The van der Waals surface area contributed by atoms with Crippen LogP contribution in [0.5, 0.6) is 0 Å². The van der Waals surface area contributed by atoms with Gasteiger partial charge < -0.3 is 5.32 Å². The Labute approximate surface area is 125 Å². The van der Waals surface area contributed by atoms with Gasteiger partial charge in [-0.1, -0.05) is 51.8 Å². The lowest BCUT2D eigenvalue weighted by Crippen LogP contribution is -2.29. The predicted molar refractivity (Wildman–Crippen MR) is 88.2 cm³/mol. The molecule has 1 aliphatic carbocycles. The molecule has 1 fully saturated rings. The van der Waals surface area contributed by atoms with Gasteiger partial charge in [-0.2, -0.15) is 0 Å². The van der Waals surface area contributed by atoms with Crippen LogP contribution in [0.15, 0.2) is 18.2 Å². The van der Waals surface area contributed by atoms with E-state index in [0.29, 0.717) is 6.04 Å². The quantitative estimate of drug-likeness (QED) is 0.733. The summed E-state index contributed by atoms with van der Waals surface area (Å²) in [6, 6.07) is 7.74. The van der Waals surface area contributed by atoms with Crippen molar-refractivity contribution in [3.8, 4) is 0 Å². The van der Waals surface area contributed by atoms with Gasteiger partial charge in [0.25, 0.3) is 0 Å². The summed E-state index contributed by atoms with van der Waals surface area (Å²) >= 11 is 0. The molecule has 0 aliphatic heterocycles. The highest BCUT2D eigenvalue weighted by Gasteiger charge is 2.27. The van der Waals surface area contributed by atoms with Gasteiger partial charge in [0, 0.05) is 6.04 Å². The molecular formula is C19H31N. The van der Waals surface area contributed by atoms with Crippen molar-refractivity contribution >= 4 is 0 Å². The highest BCUT2D eigenvalue weighted by molar-refractivity contribution is 5.35. The van der Waals surface area contributed by atoms with Gasteiger partial charge >= 0.3 is 0 Å². The maximum atomic E-state index is 3.85. The summed E-state index contributed by atoms with van der Waals surface area (Å²) in [6.45, 7) is 7.95. The highest BCUT2D eigenvalue weighted by Crippen LogP contribution is 2.37. The topological polar surface area (TPSA) is 12.0 Å². The molecule has 2 rings (SSSR count). The van der Waals surface area contributed by atoms with E-state index < -0.39 is 0 Å². The second-order valence-corrected chi connectivity index (χ2v) is 6.22. The van der Waals surface area contributed by atoms with Crippen molar-refractivity contribution in [2.45, 2.75) is 71.8 Å². The monoisotopic (exact) mass is 273 g/mol. The molecule has 1 unspecified atom stereocenters. The molecular weight excluding hydrogens is 242 g/mol. The van der Waals surface area contributed by atoms with Crippen molar-refractivity contribution in [1.82, 2.24) is 5.32 Å². The molecule has 1 N–H and O–H groups in total. The molecule has 1 nitrogen and oxygen atoms in total. The lowest BCUT2D eigenvalue weighted by molar-refractivity contribution is 0.366. The molecule has 0 radical (unpaired) electrons. The van der Waals surface area contributed by atoms with Gasteiger partial charge in [-0.15, -0.1) is 0 Å². The number of hydrogen-bond donors (Lipinski definition) is 1. The molecule has 0 heterocycles. The third-order valence-electron chi connectivity index (χ3n) is 4.82. The van der Waals surface area contributed by atoms with E-state index in [1.165, 1.54) is 37.7 Å². The van der Waals surface area contributed by atoms with E-state index in [2.05, 4.69) is 44.3 Å². The maximum Gasteiger partial charge on any atom is 0.0351 e. The van der Waals surface area contributed by atoms with Crippen LogP contribution >= 0.6 is 0 Å². The zero-order valence-corrected chi connectivity index (χ0v) is 13.5. The van der Waals surface area contributed by atoms with Gasteiger partial charge in [0.1, 0.15) is 0 Å². The van der Waals surface area contributed by atoms with Gasteiger partial charge in [0.15, 0.2) is 0 Å². The minimum absolute atomic E-state index is 0.582. The Kier molecular flexibility index (Phi) is 6.09. The van der Waals surface area contributed by atoms with Crippen molar-refractivity contribution in [2.24, 2.45) is 5.92 Å². The van der Waals surface area contributed by atoms with Crippen LogP contribution in [0.4, 0.5) is 0 Å². The molecule has 1 aromatic carbocycles. The fraction of sp³-hybridized carbons (Fsp3) is 0.684. The molecule has 1 atom stereocenters. The van der Waals surface area contributed by atoms with E-state index in [-0.39, 0.29) is 0 Å². The van der Waals surface area contributed by atoms with Crippen LogP contribution in [0.3, 0.4) is 0 Å². The van der Waals surface area contributed by atoms with Crippen LogP contribution < -0.4 is 5.32 Å². The standard InChI is InChI=1S/C19H31N/c1-4-13-20-19(17-9-7-8-10-17)18-14-15(5-2)11-12-16(18)6-3/h11-12,14,17,19-20H,4-10,13H2,1-3H3. The Morgan fingerprint density at radius 3 is 2.45 bits per heavy atom. The first-order valence-corrected chi connectivity index (χ1v) is 8.65. The summed E-state index contributed by atoms with van der Waals surface area (Å²) in [7, 11) is 0. The highest BCUT2D eigenvalue weighted by atomic mass is 14.9. The van der Waals surface area contributed by atoms with E-state index in [0.717, 1.165) is 25.3 Å². The van der Waals surface area contributed by atoms with E-state index in [9.17, 15) is 0 Å². The molecule has 20 heavy (non-hydrogen) atoms. The Morgan fingerprint density at radius 2 is 1.85 bits per heavy atom. The molecule has 112 valence electrons. The summed E-state index contributed by atoms with van der Waals surface area (Å²) in [4.78, 5) is 0. The Balaban J connectivity index is 2.29. The van der Waals surface area contributed by atoms with Crippen LogP contribution in [0.25, 0.3) is 0 Å². The Morgan fingerprint density at radius 1 is 1.10 bits per heavy atom. The van der Waals surface area contributed by atoms with Crippen molar-refractivity contribution in [3.05, 3.63) is 34.9 Å². The summed E-state index contributed by atoms with van der Waals surface area (Å²) < 4.78 is 0. The Bertz CT molecular complexity index is 404. The smallest absolute Gasteiger partial charge is 0.0351 e. The molecule has 0 aromatic heterocycles. The summed E-state index contributed by atoms with van der Waals surface area (Å²) in [5, 5.41) is 3.85. The van der Waals surface area contributed by atoms with Crippen LogP contribution in [0.1, 0.15) is 75.6 Å². The molecule has 0 amide bonds. The third-order valence-corrected chi connectivity index (χ3v) is 4.82. The first-order valence-electron chi connectivity index (χ1n) is 8.65. The molecule has 1 aliphatic rings. The lowest BCUT2D eigenvalue weighted by Gasteiger charge is -2.28. The lowest BCUT2D eigenvalue weighted by atomic mass is 9.86. The molecule has 1 heteroatoms. The van der Waals surface area contributed by atoms with Gasteiger partial charge in [-0.3, -0.25) is 0 Å². The van der Waals surface area contributed by atoms with Crippen LogP contribution in [0.2, 0.25) is 0 Å². The van der Waals surface area contributed by atoms with Crippen molar-refractivity contribution in [3.63, 3.8) is 0 Å². The van der Waals surface area contributed by atoms with Crippen molar-refractivity contribution in [1.29, 1.82) is 0 Å². The van der Waals surface area contributed by atoms with Crippen LogP contribution in [0, 0.1) is 5.92 Å². The molecule has 1 aromatic rings. The minimum Gasteiger partial charge on any atom is -0.310 e. The zero-order chi connectivity index (χ0) is 14.4. The van der Waals surface area contributed by atoms with Gasteiger partial charge in [-0.25, -0.2) is 0 Å². The van der Waals surface area contributed by atoms with Crippen molar-refractivity contribution < 1.29 is 0 Å². The minimum atomic E-state index is 0.582. The fourth-order valence-electron chi connectivity index (χ4n) is 3.60. The number of hydrogen-bond acceptors (Lipinski definition) is 1. The summed E-state index contributed by atoms with van der Waals surface area (Å²) in [5.41, 5.74) is 4.62. The molecule has 0 saturated heterocycles. The third kappa shape index (κ3) is 3.63.